The van der Waals surface area contributed by atoms with Crippen LogP contribution in [-0.2, 0) is 42.9 Å². The quantitative estimate of drug-likeness (QED) is 0.0229. The van der Waals surface area contributed by atoms with Gasteiger partial charge in [0.05, 0.1) is 6.61 Å². The number of hydrogen-bond acceptors (Lipinski definition) is 11. The highest BCUT2D eigenvalue weighted by Crippen LogP contribution is 2.26. The number of aliphatic hydroxyl groups is 2. The zero-order chi connectivity index (χ0) is 51.8. The first-order chi connectivity index (χ1) is 34.6. The van der Waals surface area contributed by atoms with Crippen LogP contribution in [0, 0.1) is 0 Å². The van der Waals surface area contributed by atoms with Crippen LogP contribution >= 0.6 is 0 Å². The molecule has 0 saturated carbocycles. The summed E-state index contributed by atoms with van der Waals surface area (Å²) in [6.45, 7) is 5.46. The third kappa shape index (κ3) is 36.4. The minimum atomic E-state index is -1.93. The van der Waals surface area contributed by atoms with Gasteiger partial charge >= 0.3 is 23.9 Å². The zero-order valence-corrected chi connectivity index (χ0v) is 43.2. The molecule has 1 saturated heterocycles. The number of rotatable bonds is 41. The minimum Gasteiger partial charge on any atom is -0.479 e. The van der Waals surface area contributed by atoms with E-state index < -0.39 is 73.9 Å². The van der Waals surface area contributed by atoms with Crippen LogP contribution < -0.4 is 0 Å². The van der Waals surface area contributed by atoms with E-state index in [1.54, 1.807) is 0 Å². The first-order valence-corrected chi connectivity index (χ1v) is 26.2. The van der Waals surface area contributed by atoms with Crippen molar-refractivity contribution in [1.82, 2.24) is 0 Å². The average Bonchev–Trinajstić information content (AvgIpc) is 3.35. The Morgan fingerprint density at radius 2 is 0.873 bits per heavy atom. The largest absolute Gasteiger partial charge is 0.479 e. The third-order valence-electron chi connectivity index (χ3n) is 10.7. The van der Waals surface area contributed by atoms with Crippen molar-refractivity contribution in [3.63, 3.8) is 0 Å². The van der Waals surface area contributed by atoms with E-state index in [1.165, 1.54) is 0 Å². The van der Waals surface area contributed by atoms with Gasteiger partial charge in [0.1, 0.15) is 18.8 Å². The van der Waals surface area contributed by atoms with Crippen molar-refractivity contribution in [3.05, 3.63) is 134 Å². The Labute approximate surface area is 426 Å². The van der Waals surface area contributed by atoms with Gasteiger partial charge < -0.3 is 39.0 Å². The van der Waals surface area contributed by atoms with Crippen molar-refractivity contribution < 1.29 is 58.2 Å². The molecule has 1 rings (SSSR count). The molecule has 0 aromatic carbocycles. The number of carbonyl (C=O) groups is 4. The lowest BCUT2D eigenvalue weighted by atomic mass is 9.98. The highest BCUT2D eigenvalue weighted by molar-refractivity contribution is 5.74. The van der Waals surface area contributed by atoms with Gasteiger partial charge in [-0.1, -0.05) is 174 Å². The average molecular weight is 989 g/mol. The predicted molar refractivity (Wildman–Crippen MR) is 284 cm³/mol. The van der Waals surface area contributed by atoms with E-state index in [4.69, 9.17) is 23.7 Å². The highest BCUT2D eigenvalue weighted by atomic mass is 16.7. The van der Waals surface area contributed by atoms with Gasteiger partial charge in [-0.3, -0.25) is 14.4 Å². The van der Waals surface area contributed by atoms with Gasteiger partial charge in [0.25, 0.3) is 0 Å². The number of carboxylic acids is 1. The fourth-order valence-electron chi connectivity index (χ4n) is 6.82. The van der Waals surface area contributed by atoms with Gasteiger partial charge in [-0.25, -0.2) is 4.79 Å². The normalized spacial score (nSPS) is 19.6. The second-order valence-corrected chi connectivity index (χ2v) is 17.0. The number of aliphatic hydroxyl groups excluding tert-OH is 2. The van der Waals surface area contributed by atoms with Gasteiger partial charge in [-0.05, 0) is 103 Å². The van der Waals surface area contributed by atoms with Gasteiger partial charge in [0.15, 0.2) is 24.6 Å². The molecule has 0 aromatic heterocycles. The molecule has 12 nitrogen and oxygen atoms in total. The molecule has 1 aliphatic heterocycles. The maximum Gasteiger partial charge on any atom is 0.335 e. The lowest BCUT2D eigenvalue weighted by molar-refractivity contribution is -0.301. The monoisotopic (exact) mass is 989 g/mol. The number of carboxylic acid groups (broad SMARTS) is 1. The zero-order valence-electron chi connectivity index (χ0n) is 43.2. The smallest absolute Gasteiger partial charge is 0.335 e. The van der Waals surface area contributed by atoms with Crippen LogP contribution in [0.25, 0.3) is 0 Å². The summed E-state index contributed by atoms with van der Waals surface area (Å²) in [5, 5.41) is 31.3. The summed E-state index contributed by atoms with van der Waals surface area (Å²) in [5.74, 6) is -3.39. The van der Waals surface area contributed by atoms with Gasteiger partial charge in [-0.2, -0.15) is 0 Å². The van der Waals surface area contributed by atoms with Crippen molar-refractivity contribution in [1.29, 1.82) is 0 Å². The molecule has 71 heavy (non-hydrogen) atoms. The number of ether oxygens (including phenoxy) is 5. The molecule has 0 amide bonds. The molecule has 6 atom stereocenters. The molecular formula is C59H88O12. The maximum absolute atomic E-state index is 13.0. The standard InChI is InChI=1S/C59H88O12/c1-4-7-10-13-16-19-22-25-26-29-32-35-38-41-44-47-53(62)70-57-55(64)54(63)56(58(65)66)71-59(57)68-49-50(69-52(61)46-43-40-37-34-31-28-24-21-18-15-12-9-6-3)48-67-51(60)45-42-39-36-33-30-27-23-20-17-14-11-8-5-2/h7-12,16-21,25-28,30-31,36-37,39-40,50,54-57,59,63-64H,4-6,13-15,22-24,29,32-35,38,41-49H2,1-3H3,(H,65,66)/b10-7-,11-8-,12-9-,19-16-,20-17-,21-18-,26-25-,30-27-,31-28-,39-36-,40-37-. The molecule has 0 aliphatic carbocycles. The molecule has 6 unspecified atom stereocenters. The topological polar surface area (TPSA) is 175 Å². The lowest BCUT2D eigenvalue weighted by Gasteiger charge is -2.40. The van der Waals surface area contributed by atoms with Crippen molar-refractivity contribution >= 4 is 23.9 Å². The number of esters is 3. The number of aliphatic carboxylic acids is 1. The lowest BCUT2D eigenvalue weighted by Crippen LogP contribution is -2.61. The Morgan fingerprint density at radius 1 is 0.465 bits per heavy atom. The Kier molecular flexibility index (Phi) is 41.4. The maximum atomic E-state index is 13.0. The summed E-state index contributed by atoms with van der Waals surface area (Å²) in [6, 6.07) is 0. The van der Waals surface area contributed by atoms with Crippen molar-refractivity contribution in [2.75, 3.05) is 13.2 Å². The van der Waals surface area contributed by atoms with Crippen LogP contribution in [0.15, 0.2) is 134 Å². The first-order valence-electron chi connectivity index (χ1n) is 26.2. The fraction of sp³-hybridized carbons (Fsp3) is 0.559. The fourth-order valence-corrected chi connectivity index (χ4v) is 6.82. The predicted octanol–water partition coefficient (Wildman–Crippen LogP) is 12.7. The second-order valence-electron chi connectivity index (χ2n) is 17.0. The van der Waals surface area contributed by atoms with E-state index >= 15 is 0 Å². The van der Waals surface area contributed by atoms with E-state index in [2.05, 4.69) is 124 Å². The summed E-state index contributed by atoms with van der Waals surface area (Å²) in [6.07, 6.45) is 51.9. The number of carbonyl (C=O) groups excluding carboxylic acids is 3. The number of allylic oxidation sites excluding steroid dienone is 22. The molecule has 1 aliphatic rings. The van der Waals surface area contributed by atoms with Crippen molar-refractivity contribution in [2.45, 2.75) is 199 Å². The van der Waals surface area contributed by atoms with E-state index in [0.29, 0.717) is 25.7 Å². The van der Waals surface area contributed by atoms with Crippen molar-refractivity contribution in [2.24, 2.45) is 0 Å². The molecule has 1 heterocycles. The Hall–Kier alpha value is -5.14. The summed E-state index contributed by atoms with van der Waals surface area (Å²) >= 11 is 0. The summed E-state index contributed by atoms with van der Waals surface area (Å²) in [4.78, 5) is 50.8. The summed E-state index contributed by atoms with van der Waals surface area (Å²) in [7, 11) is 0. The SMILES string of the molecule is CC/C=C\C/C=C\C/C=C\C/C=C\CCC(=O)OCC(COC1OC(C(=O)O)C(O)C(O)C1OC(=O)CCCCCCC/C=C\C/C=C\C/C=C\CC)OC(=O)CC/C=C\C/C=C\C/C=C\C/C=C\CC. The minimum absolute atomic E-state index is 0.0170. The van der Waals surface area contributed by atoms with E-state index in [1.807, 2.05) is 30.4 Å². The third-order valence-corrected chi connectivity index (χ3v) is 10.7. The van der Waals surface area contributed by atoms with Gasteiger partial charge in [0.2, 0.25) is 0 Å². The van der Waals surface area contributed by atoms with Crippen molar-refractivity contribution in [3.8, 4) is 0 Å². The molecule has 1 fully saturated rings. The van der Waals surface area contributed by atoms with E-state index in [0.717, 1.165) is 96.3 Å². The molecule has 396 valence electrons. The Balaban J connectivity index is 2.83. The van der Waals surface area contributed by atoms with Gasteiger partial charge in [0, 0.05) is 19.3 Å². The number of unbranched alkanes of at least 4 members (excludes halogenated alkanes) is 5. The van der Waals surface area contributed by atoms with E-state index in [-0.39, 0.29) is 19.3 Å². The molecule has 0 radical (unpaired) electrons. The first kappa shape index (κ1) is 63.9. The highest BCUT2D eigenvalue weighted by Gasteiger charge is 2.50. The summed E-state index contributed by atoms with van der Waals surface area (Å²) < 4.78 is 28.1. The molecular weight excluding hydrogens is 901 g/mol. The van der Waals surface area contributed by atoms with Crippen LogP contribution in [0.2, 0.25) is 0 Å². The summed E-state index contributed by atoms with van der Waals surface area (Å²) in [5.41, 5.74) is 0. The molecule has 12 heteroatoms. The second kappa shape index (κ2) is 46.0. The van der Waals surface area contributed by atoms with Crippen LogP contribution in [0.4, 0.5) is 0 Å². The van der Waals surface area contributed by atoms with Crippen LogP contribution in [0.1, 0.15) is 162 Å². The van der Waals surface area contributed by atoms with Crippen LogP contribution in [0.3, 0.4) is 0 Å². The van der Waals surface area contributed by atoms with E-state index in [9.17, 15) is 34.5 Å². The molecule has 0 spiro atoms. The Bertz CT molecular complexity index is 1740. The van der Waals surface area contributed by atoms with Crippen LogP contribution in [0.5, 0.6) is 0 Å². The van der Waals surface area contributed by atoms with Gasteiger partial charge in [-0.15, -0.1) is 0 Å². The number of hydrogen-bond donors (Lipinski definition) is 3. The molecule has 0 bridgehead atoms. The van der Waals surface area contributed by atoms with Crippen LogP contribution in [-0.4, -0.2) is 89.2 Å². The molecule has 3 N–H and O–H groups in total. The Morgan fingerprint density at radius 3 is 1.34 bits per heavy atom. The molecule has 0 aromatic rings.